The largest absolute Gasteiger partial charge is 0.326 e. The number of fused-ring (bicyclic) bond motifs is 1. The van der Waals surface area contributed by atoms with E-state index in [9.17, 15) is 4.79 Å². The molecule has 0 aliphatic carbocycles. The van der Waals surface area contributed by atoms with Crippen LogP contribution in [0.25, 0.3) is 0 Å². The van der Waals surface area contributed by atoms with E-state index in [0.717, 1.165) is 11.3 Å². The number of amides is 1. The van der Waals surface area contributed by atoms with Gasteiger partial charge in [0.25, 0.3) is 0 Å². The predicted octanol–water partition coefficient (Wildman–Crippen LogP) is 4.58. The molecular formula is C16H13BrINO. The van der Waals surface area contributed by atoms with Crippen molar-refractivity contribution in [2.75, 3.05) is 5.32 Å². The zero-order valence-electron chi connectivity index (χ0n) is 10.9. The van der Waals surface area contributed by atoms with Crippen LogP contribution >= 0.6 is 38.5 Å². The lowest BCUT2D eigenvalue weighted by Gasteiger charge is -2.15. The van der Waals surface area contributed by atoms with Crippen LogP contribution in [0.3, 0.4) is 0 Å². The van der Waals surface area contributed by atoms with Gasteiger partial charge in [0.1, 0.15) is 0 Å². The summed E-state index contributed by atoms with van der Waals surface area (Å²) in [4.78, 5) is 11.6. The standard InChI is InChI=1S/C16H13BrINO/c1-9-3-2-4-12(16(9)18)15(17)10-5-6-13-11(7-10)8-14(20)19-13/h2-7,15H,8H2,1H3,(H,19,20). The molecule has 0 bridgehead atoms. The molecule has 0 aromatic heterocycles. The van der Waals surface area contributed by atoms with E-state index in [1.54, 1.807) is 0 Å². The molecule has 1 N–H and O–H groups in total. The van der Waals surface area contributed by atoms with Crippen molar-refractivity contribution < 1.29 is 4.79 Å². The number of aryl methyl sites for hydroxylation is 1. The van der Waals surface area contributed by atoms with E-state index in [-0.39, 0.29) is 10.7 Å². The first-order chi connectivity index (χ1) is 9.56. The molecule has 0 fully saturated rings. The lowest BCUT2D eigenvalue weighted by Crippen LogP contribution is -2.03. The number of hydrogen-bond donors (Lipinski definition) is 1. The lowest BCUT2D eigenvalue weighted by molar-refractivity contribution is -0.115. The molecule has 1 heterocycles. The fourth-order valence-corrected chi connectivity index (χ4v) is 4.22. The van der Waals surface area contributed by atoms with Crippen molar-refractivity contribution in [3.63, 3.8) is 0 Å². The number of nitrogens with one attached hydrogen (secondary N) is 1. The Hall–Kier alpha value is -0.880. The smallest absolute Gasteiger partial charge is 0.228 e. The minimum absolute atomic E-state index is 0.0772. The Morgan fingerprint density at radius 2 is 2.10 bits per heavy atom. The molecule has 1 amide bonds. The van der Waals surface area contributed by atoms with Crippen LogP contribution in [-0.4, -0.2) is 5.91 Å². The molecule has 2 nitrogen and oxygen atoms in total. The minimum atomic E-state index is 0.0772. The average molecular weight is 442 g/mol. The van der Waals surface area contributed by atoms with Gasteiger partial charge in [-0.25, -0.2) is 0 Å². The van der Waals surface area contributed by atoms with E-state index < -0.39 is 0 Å². The Morgan fingerprint density at radius 1 is 1.30 bits per heavy atom. The Balaban J connectivity index is 1.99. The second kappa shape index (κ2) is 5.48. The summed E-state index contributed by atoms with van der Waals surface area (Å²) < 4.78 is 1.28. The Bertz CT molecular complexity index is 699. The second-order valence-corrected chi connectivity index (χ2v) is 6.98. The summed E-state index contributed by atoms with van der Waals surface area (Å²) in [6.45, 7) is 2.12. The first-order valence-corrected chi connectivity index (χ1v) is 8.37. The van der Waals surface area contributed by atoms with Gasteiger partial charge in [0.2, 0.25) is 5.91 Å². The summed E-state index contributed by atoms with van der Waals surface area (Å²) in [6.07, 6.45) is 0.480. The van der Waals surface area contributed by atoms with E-state index in [1.807, 2.05) is 6.07 Å². The fourth-order valence-electron chi connectivity index (χ4n) is 2.45. The van der Waals surface area contributed by atoms with Crippen molar-refractivity contribution in [3.8, 4) is 0 Å². The van der Waals surface area contributed by atoms with Gasteiger partial charge in [-0.3, -0.25) is 4.79 Å². The van der Waals surface area contributed by atoms with E-state index in [1.165, 1.54) is 20.3 Å². The number of carbonyl (C=O) groups excluding carboxylic acids is 1. The van der Waals surface area contributed by atoms with Gasteiger partial charge >= 0.3 is 0 Å². The summed E-state index contributed by atoms with van der Waals surface area (Å²) in [5.74, 6) is 0.0772. The number of hydrogen-bond acceptors (Lipinski definition) is 1. The molecule has 0 radical (unpaired) electrons. The number of anilines is 1. The molecular weight excluding hydrogens is 429 g/mol. The highest BCUT2D eigenvalue weighted by Gasteiger charge is 2.20. The van der Waals surface area contributed by atoms with Crippen LogP contribution in [-0.2, 0) is 11.2 Å². The molecule has 0 saturated heterocycles. The number of benzene rings is 2. The molecule has 20 heavy (non-hydrogen) atoms. The maximum atomic E-state index is 11.4. The lowest BCUT2D eigenvalue weighted by atomic mass is 10.0. The number of alkyl halides is 1. The highest BCUT2D eigenvalue weighted by atomic mass is 127. The van der Waals surface area contributed by atoms with Crippen molar-refractivity contribution in [2.24, 2.45) is 0 Å². The maximum absolute atomic E-state index is 11.4. The first-order valence-electron chi connectivity index (χ1n) is 6.38. The summed E-state index contributed by atoms with van der Waals surface area (Å²) >= 11 is 6.18. The summed E-state index contributed by atoms with van der Waals surface area (Å²) in [7, 11) is 0. The van der Waals surface area contributed by atoms with E-state index in [4.69, 9.17) is 0 Å². The third kappa shape index (κ3) is 2.51. The predicted molar refractivity (Wildman–Crippen MR) is 93.4 cm³/mol. The Labute approximate surface area is 140 Å². The Kier molecular flexibility index (Phi) is 3.86. The topological polar surface area (TPSA) is 29.1 Å². The van der Waals surface area contributed by atoms with Crippen molar-refractivity contribution >= 4 is 50.1 Å². The van der Waals surface area contributed by atoms with Crippen LogP contribution in [0.15, 0.2) is 36.4 Å². The SMILES string of the molecule is Cc1cccc(C(Br)c2ccc3c(c2)CC(=O)N3)c1I. The van der Waals surface area contributed by atoms with Gasteiger partial charge in [0.15, 0.2) is 0 Å². The molecule has 3 rings (SSSR count). The highest BCUT2D eigenvalue weighted by Crippen LogP contribution is 2.37. The molecule has 2 aromatic rings. The summed E-state index contributed by atoms with van der Waals surface area (Å²) in [5, 5.41) is 2.87. The number of halogens is 2. The summed E-state index contributed by atoms with van der Waals surface area (Å²) in [5.41, 5.74) is 5.76. The van der Waals surface area contributed by atoms with Crippen LogP contribution in [0.2, 0.25) is 0 Å². The minimum Gasteiger partial charge on any atom is -0.326 e. The molecule has 0 spiro atoms. The van der Waals surface area contributed by atoms with Gasteiger partial charge in [-0.15, -0.1) is 0 Å². The van der Waals surface area contributed by atoms with Crippen molar-refractivity contribution in [1.82, 2.24) is 0 Å². The third-order valence-corrected chi connectivity index (χ3v) is 6.04. The molecule has 2 aromatic carbocycles. The molecule has 1 aliphatic heterocycles. The third-order valence-electron chi connectivity index (χ3n) is 3.54. The first kappa shape index (κ1) is 14.1. The van der Waals surface area contributed by atoms with Gasteiger partial charge in [-0.05, 0) is 57.8 Å². The monoisotopic (exact) mass is 441 g/mol. The van der Waals surface area contributed by atoms with Gasteiger partial charge in [0, 0.05) is 9.26 Å². The van der Waals surface area contributed by atoms with E-state index >= 15 is 0 Å². The number of rotatable bonds is 2. The van der Waals surface area contributed by atoms with Gasteiger partial charge < -0.3 is 5.32 Å². The van der Waals surface area contributed by atoms with Gasteiger partial charge in [-0.1, -0.05) is 46.3 Å². The van der Waals surface area contributed by atoms with Crippen LogP contribution in [0.4, 0.5) is 5.69 Å². The fraction of sp³-hybridized carbons (Fsp3) is 0.188. The van der Waals surface area contributed by atoms with E-state index in [0.29, 0.717) is 6.42 Å². The van der Waals surface area contributed by atoms with E-state index in [2.05, 4.69) is 81.1 Å². The summed E-state index contributed by atoms with van der Waals surface area (Å²) in [6, 6.07) is 12.5. The molecule has 1 unspecified atom stereocenters. The molecule has 1 atom stereocenters. The maximum Gasteiger partial charge on any atom is 0.228 e. The molecule has 4 heteroatoms. The van der Waals surface area contributed by atoms with Crippen LogP contribution in [0.5, 0.6) is 0 Å². The van der Waals surface area contributed by atoms with Gasteiger partial charge in [-0.2, -0.15) is 0 Å². The second-order valence-electron chi connectivity index (χ2n) is 4.98. The Morgan fingerprint density at radius 3 is 2.90 bits per heavy atom. The number of carbonyl (C=O) groups is 1. The molecule has 0 saturated carbocycles. The van der Waals surface area contributed by atoms with Crippen LogP contribution in [0.1, 0.15) is 27.1 Å². The quantitative estimate of drug-likeness (QED) is 0.536. The van der Waals surface area contributed by atoms with Crippen molar-refractivity contribution in [2.45, 2.75) is 18.2 Å². The average Bonchev–Trinajstić information content (AvgIpc) is 2.80. The van der Waals surface area contributed by atoms with Gasteiger partial charge in [0.05, 0.1) is 11.2 Å². The molecule has 1 aliphatic rings. The van der Waals surface area contributed by atoms with Crippen molar-refractivity contribution in [3.05, 3.63) is 62.2 Å². The zero-order chi connectivity index (χ0) is 14.3. The van der Waals surface area contributed by atoms with Crippen LogP contribution < -0.4 is 5.32 Å². The highest BCUT2D eigenvalue weighted by molar-refractivity contribution is 14.1. The van der Waals surface area contributed by atoms with Crippen LogP contribution in [0, 0.1) is 10.5 Å². The normalized spacial score (nSPS) is 14.8. The molecule has 102 valence electrons. The zero-order valence-corrected chi connectivity index (χ0v) is 14.7. The van der Waals surface area contributed by atoms with Crippen molar-refractivity contribution in [1.29, 1.82) is 0 Å².